The van der Waals surface area contributed by atoms with Crippen LogP contribution in [0.1, 0.15) is 57.4 Å². The van der Waals surface area contributed by atoms with Crippen LogP contribution < -0.4 is 21.9 Å². The van der Waals surface area contributed by atoms with E-state index in [-0.39, 0.29) is 11.7 Å². The molecule has 1 saturated carbocycles. The number of nitrogen functional groups attached to an aromatic ring is 2. The maximum Gasteiger partial charge on any atom is 0.330 e. The molecule has 1 aliphatic carbocycles. The van der Waals surface area contributed by atoms with Crippen molar-refractivity contribution >= 4 is 11.5 Å². The van der Waals surface area contributed by atoms with Gasteiger partial charge in [-0.15, -0.1) is 0 Å². The first kappa shape index (κ1) is 24.4. The molecular weight excluding hydrogens is 452 g/mol. The van der Waals surface area contributed by atoms with Gasteiger partial charge in [-0.2, -0.15) is 0 Å². The van der Waals surface area contributed by atoms with Crippen LogP contribution in [0.15, 0.2) is 41.3 Å². The molecule has 8 nitrogen and oxygen atoms in total. The average molecular weight is 491 g/mol. The number of hydrogen-bond donors (Lipinski definition) is 2. The molecule has 0 atom stereocenters. The highest BCUT2D eigenvalue weighted by Gasteiger charge is 2.27. The van der Waals surface area contributed by atoms with E-state index in [1.807, 2.05) is 41.1 Å². The van der Waals surface area contributed by atoms with Gasteiger partial charge in [0.2, 0.25) is 5.88 Å². The molecule has 5 rings (SSSR count). The van der Waals surface area contributed by atoms with Gasteiger partial charge in [0.25, 0.3) is 0 Å². The molecule has 1 saturated heterocycles. The SMILES string of the molecule is Cn1c(N)c(-c2cc(-c3ccc(OCCCN4CCCCC4)nc3)ccc2N)n(C2CCCC2)c1=O. The second-order valence-electron chi connectivity index (χ2n) is 10.2. The predicted molar refractivity (Wildman–Crippen MR) is 145 cm³/mol. The van der Waals surface area contributed by atoms with Crippen LogP contribution in [0.3, 0.4) is 0 Å². The summed E-state index contributed by atoms with van der Waals surface area (Å²) in [5.41, 5.74) is 16.8. The number of pyridine rings is 1. The zero-order valence-corrected chi connectivity index (χ0v) is 21.3. The smallest absolute Gasteiger partial charge is 0.330 e. The molecule has 2 aliphatic rings. The normalized spacial score (nSPS) is 17.0. The van der Waals surface area contributed by atoms with Crippen molar-refractivity contribution in [1.82, 2.24) is 19.0 Å². The lowest BCUT2D eigenvalue weighted by molar-refractivity contribution is 0.203. The van der Waals surface area contributed by atoms with Crippen LogP contribution in [0.25, 0.3) is 22.4 Å². The van der Waals surface area contributed by atoms with E-state index >= 15 is 0 Å². The molecule has 3 heterocycles. The highest BCUT2D eigenvalue weighted by atomic mass is 16.5. The summed E-state index contributed by atoms with van der Waals surface area (Å²) >= 11 is 0. The highest BCUT2D eigenvalue weighted by molar-refractivity contribution is 5.85. The second kappa shape index (κ2) is 10.8. The number of piperidine rings is 1. The van der Waals surface area contributed by atoms with E-state index in [0.717, 1.165) is 61.0 Å². The molecule has 1 aromatic carbocycles. The third-order valence-electron chi connectivity index (χ3n) is 7.72. The zero-order chi connectivity index (χ0) is 25.1. The van der Waals surface area contributed by atoms with Gasteiger partial charge in [-0.1, -0.05) is 25.3 Å². The summed E-state index contributed by atoms with van der Waals surface area (Å²) < 4.78 is 9.27. The summed E-state index contributed by atoms with van der Waals surface area (Å²) in [6, 6.07) is 9.96. The van der Waals surface area contributed by atoms with Crippen molar-refractivity contribution in [3.63, 3.8) is 0 Å². The Balaban J connectivity index is 1.33. The third kappa shape index (κ3) is 5.00. The quantitative estimate of drug-likeness (QED) is 0.357. The van der Waals surface area contributed by atoms with Crippen LogP contribution in [-0.4, -0.2) is 45.3 Å². The number of rotatable bonds is 8. The van der Waals surface area contributed by atoms with Crippen LogP contribution in [-0.2, 0) is 7.05 Å². The number of ether oxygens (including phenoxy) is 1. The van der Waals surface area contributed by atoms with Gasteiger partial charge < -0.3 is 21.1 Å². The van der Waals surface area contributed by atoms with Crippen LogP contribution in [0.2, 0.25) is 0 Å². The van der Waals surface area contributed by atoms with Crippen molar-refractivity contribution in [3.8, 4) is 28.3 Å². The maximum atomic E-state index is 13.1. The van der Waals surface area contributed by atoms with Crippen molar-refractivity contribution in [3.05, 3.63) is 47.0 Å². The number of anilines is 2. The van der Waals surface area contributed by atoms with Gasteiger partial charge in [-0.3, -0.25) is 9.13 Å². The number of aromatic nitrogens is 3. The largest absolute Gasteiger partial charge is 0.478 e. The fourth-order valence-electron chi connectivity index (χ4n) is 5.64. The van der Waals surface area contributed by atoms with E-state index in [0.29, 0.717) is 24.0 Å². The standard InChI is InChI=1S/C28H38N6O2/c1-32-27(30)26(34(28(32)35)22-8-3-4-9-22)23-18-20(10-12-24(23)29)21-11-13-25(31-19-21)36-17-7-16-33-14-5-2-6-15-33/h10-13,18-19,22H,2-9,14-17,29-30H2,1H3. The minimum atomic E-state index is -0.0809. The Hall–Kier alpha value is -3.26. The van der Waals surface area contributed by atoms with Crippen molar-refractivity contribution in [2.24, 2.45) is 7.05 Å². The van der Waals surface area contributed by atoms with E-state index in [2.05, 4.69) is 9.88 Å². The fraction of sp³-hybridized carbons (Fsp3) is 0.500. The summed E-state index contributed by atoms with van der Waals surface area (Å²) in [6.45, 7) is 4.17. The van der Waals surface area contributed by atoms with E-state index in [4.69, 9.17) is 16.2 Å². The molecule has 2 aromatic heterocycles. The second-order valence-corrected chi connectivity index (χ2v) is 10.2. The molecule has 0 unspecified atom stereocenters. The van der Waals surface area contributed by atoms with Gasteiger partial charge in [0.1, 0.15) is 5.82 Å². The van der Waals surface area contributed by atoms with Crippen molar-refractivity contribution in [2.75, 3.05) is 37.7 Å². The van der Waals surface area contributed by atoms with Crippen molar-refractivity contribution < 1.29 is 4.74 Å². The monoisotopic (exact) mass is 490 g/mol. The molecule has 1 aliphatic heterocycles. The molecule has 3 aromatic rings. The van der Waals surface area contributed by atoms with Gasteiger partial charge in [-0.05, 0) is 69.0 Å². The van der Waals surface area contributed by atoms with E-state index in [1.54, 1.807) is 7.05 Å². The number of nitrogens with two attached hydrogens (primary N) is 2. The Labute approximate surface area is 212 Å². The molecule has 0 radical (unpaired) electrons. The molecule has 36 heavy (non-hydrogen) atoms. The van der Waals surface area contributed by atoms with E-state index in [1.165, 1.54) is 36.9 Å². The average Bonchev–Trinajstić information content (AvgIpc) is 3.51. The minimum absolute atomic E-state index is 0.0809. The van der Waals surface area contributed by atoms with Crippen molar-refractivity contribution in [2.45, 2.75) is 57.4 Å². The molecule has 4 N–H and O–H groups in total. The first-order chi connectivity index (χ1) is 17.5. The summed E-state index contributed by atoms with van der Waals surface area (Å²) in [5, 5.41) is 0. The summed E-state index contributed by atoms with van der Waals surface area (Å²) in [7, 11) is 1.72. The van der Waals surface area contributed by atoms with Crippen LogP contribution >= 0.6 is 0 Å². The lowest BCUT2D eigenvalue weighted by Crippen LogP contribution is -2.31. The number of likely N-dealkylation sites (tertiary alicyclic amines) is 1. The van der Waals surface area contributed by atoms with Gasteiger partial charge in [0.05, 0.1) is 12.3 Å². The van der Waals surface area contributed by atoms with Crippen LogP contribution in [0, 0.1) is 0 Å². The molecule has 192 valence electrons. The van der Waals surface area contributed by atoms with Gasteiger partial charge >= 0.3 is 5.69 Å². The molecule has 0 amide bonds. The Bertz CT molecular complexity index is 1230. The van der Waals surface area contributed by atoms with Gasteiger partial charge in [0.15, 0.2) is 0 Å². The number of nitrogens with zero attached hydrogens (tertiary/aromatic N) is 4. The maximum absolute atomic E-state index is 13.1. The Morgan fingerprint density at radius 1 is 1.00 bits per heavy atom. The molecule has 0 bridgehead atoms. The summed E-state index contributed by atoms with van der Waals surface area (Å²) in [5.74, 6) is 1.08. The third-order valence-corrected chi connectivity index (χ3v) is 7.72. The molecule has 8 heteroatoms. The topological polar surface area (TPSA) is 104 Å². The Kier molecular flexibility index (Phi) is 7.32. The predicted octanol–water partition coefficient (Wildman–Crippen LogP) is 4.45. The van der Waals surface area contributed by atoms with Gasteiger partial charge in [-0.25, -0.2) is 9.78 Å². The first-order valence-corrected chi connectivity index (χ1v) is 13.3. The molecular formula is C28H38N6O2. The zero-order valence-electron chi connectivity index (χ0n) is 21.3. The Morgan fingerprint density at radius 2 is 1.75 bits per heavy atom. The summed E-state index contributed by atoms with van der Waals surface area (Å²) in [6.07, 6.45) is 11.0. The summed E-state index contributed by atoms with van der Waals surface area (Å²) in [4.78, 5) is 20.1. The van der Waals surface area contributed by atoms with Crippen LogP contribution in [0.4, 0.5) is 11.5 Å². The number of hydrogen-bond acceptors (Lipinski definition) is 6. The lowest BCUT2D eigenvalue weighted by Gasteiger charge is -2.26. The van der Waals surface area contributed by atoms with E-state index in [9.17, 15) is 4.79 Å². The van der Waals surface area contributed by atoms with Crippen LogP contribution in [0.5, 0.6) is 5.88 Å². The minimum Gasteiger partial charge on any atom is -0.478 e. The molecule has 0 spiro atoms. The lowest BCUT2D eigenvalue weighted by atomic mass is 10.0. The molecule has 2 fully saturated rings. The van der Waals surface area contributed by atoms with E-state index < -0.39 is 0 Å². The number of benzene rings is 1. The van der Waals surface area contributed by atoms with Gasteiger partial charge in [0, 0.05) is 48.7 Å². The highest BCUT2D eigenvalue weighted by Crippen LogP contribution is 2.38. The number of imidazole rings is 1. The first-order valence-electron chi connectivity index (χ1n) is 13.3. The van der Waals surface area contributed by atoms with Crippen molar-refractivity contribution in [1.29, 1.82) is 0 Å². The Morgan fingerprint density at radius 3 is 2.47 bits per heavy atom. The fourth-order valence-corrected chi connectivity index (χ4v) is 5.64.